The minimum atomic E-state index is 0.387. The molecule has 0 unspecified atom stereocenters. The van der Waals surface area contributed by atoms with Crippen molar-refractivity contribution in [2.75, 3.05) is 6.54 Å². The summed E-state index contributed by atoms with van der Waals surface area (Å²) in [6, 6.07) is 15.2. The second kappa shape index (κ2) is 7.68. The Hall–Kier alpha value is -2.02. The molecule has 21 heavy (non-hydrogen) atoms. The van der Waals surface area contributed by atoms with E-state index in [1.807, 2.05) is 36.4 Å². The third kappa shape index (κ3) is 4.22. The van der Waals surface area contributed by atoms with Crippen LogP contribution < -0.4 is 10.1 Å². The molecule has 0 radical (unpaired) electrons. The van der Waals surface area contributed by atoms with Crippen LogP contribution in [0.3, 0.4) is 0 Å². The van der Waals surface area contributed by atoms with Crippen LogP contribution in [0.4, 0.5) is 0 Å². The Labute approximate surface area is 130 Å². The van der Waals surface area contributed by atoms with Crippen LogP contribution in [0.1, 0.15) is 23.6 Å². The molecule has 3 nitrogen and oxygen atoms in total. The van der Waals surface area contributed by atoms with E-state index < -0.39 is 0 Å². The highest BCUT2D eigenvalue weighted by atomic mass is 35.5. The van der Waals surface area contributed by atoms with E-state index in [2.05, 4.69) is 18.3 Å². The van der Waals surface area contributed by atoms with Crippen molar-refractivity contribution >= 4 is 11.6 Å². The summed E-state index contributed by atoms with van der Waals surface area (Å²) in [7, 11) is 0. The zero-order valence-corrected chi connectivity index (χ0v) is 12.7. The molecule has 0 aliphatic heterocycles. The molecule has 108 valence electrons. The van der Waals surface area contributed by atoms with E-state index in [1.54, 1.807) is 6.07 Å². The van der Waals surface area contributed by atoms with Gasteiger partial charge in [-0.05, 0) is 30.3 Å². The van der Waals surface area contributed by atoms with Gasteiger partial charge in [0.05, 0.1) is 16.7 Å². The highest BCUT2D eigenvalue weighted by Gasteiger charge is 2.08. The molecule has 0 atom stereocenters. The second-order valence-corrected chi connectivity index (χ2v) is 5.02. The molecule has 0 fully saturated rings. The van der Waals surface area contributed by atoms with Crippen molar-refractivity contribution in [3.63, 3.8) is 0 Å². The average Bonchev–Trinajstić information content (AvgIpc) is 2.52. The number of nitriles is 1. The number of hydrogen-bond acceptors (Lipinski definition) is 3. The molecule has 4 heteroatoms. The van der Waals surface area contributed by atoms with Crippen molar-refractivity contribution in [3.05, 3.63) is 64.2 Å². The van der Waals surface area contributed by atoms with Crippen LogP contribution in [0, 0.1) is 11.3 Å². The van der Waals surface area contributed by atoms with Crippen molar-refractivity contribution in [2.24, 2.45) is 0 Å². The number of para-hydroxylation sites is 1. The van der Waals surface area contributed by atoms with Gasteiger partial charge in [0.25, 0.3) is 0 Å². The summed E-state index contributed by atoms with van der Waals surface area (Å²) in [5, 5.41) is 12.8. The zero-order chi connectivity index (χ0) is 15.1. The molecule has 0 amide bonds. The Bertz CT molecular complexity index is 649. The van der Waals surface area contributed by atoms with Crippen molar-refractivity contribution in [3.8, 4) is 11.8 Å². The van der Waals surface area contributed by atoms with Gasteiger partial charge in [-0.15, -0.1) is 0 Å². The van der Waals surface area contributed by atoms with E-state index in [0.29, 0.717) is 29.5 Å². The van der Waals surface area contributed by atoms with Crippen LogP contribution >= 0.6 is 11.6 Å². The second-order valence-electron chi connectivity index (χ2n) is 4.61. The quantitative estimate of drug-likeness (QED) is 0.880. The van der Waals surface area contributed by atoms with E-state index in [4.69, 9.17) is 21.6 Å². The van der Waals surface area contributed by atoms with E-state index in [0.717, 1.165) is 17.7 Å². The predicted octanol–water partition coefficient (Wildman–Crippen LogP) is 3.90. The van der Waals surface area contributed by atoms with Crippen molar-refractivity contribution < 1.29 is 4.74 Å². The van der Waals surface area contributed by atoms with E-state index >= 15 is 0 Å². The van der Waals surface area contributed by atoms with Crippen LogP contribution in [-0.2, 0) is 13.2 Å². The van der Waals surface area contributed by atoms with Gasteiger partial charge < -0.3 is 10.1 Å². The summed E-state index contributed by atoms with van der Waals surface area (Å²) in [6.45, 7) is 4.04. The molecule has 2 aromatic carbocycles. The van der Waals surface area contributed by atoms with Gasteiger partial charge >= 0.3 is 0 Å². The van der Waals surface area contributed by atoms with Crippen molar-refractivity contribution in [1.82, 2.24) is 5.32 Å². The first-order chi connectivity index (χ1) is 10.2. The van der Waals surface area contributed by atoms with Gasteiger partial charge in [-0.2, -0.15) is 5.26 Å². The molecule has 0 saturated carbocycles. The van der Waals surface area contributed by atoms with Gasteiger partial charge in [0, 0.05) is 12.1 Å². The lowest BCUT2D eigenvalue weighted by molar-refractivity contribution is 0.302. The summed E-state index contributed by atoms with van der Waals surface area (Å²) >= 11 is 6.23. The largest absolute Gasteiger partial charge is 0.487 e. The fraction of sp³-hybridized carbons (Fsp3) is 0.235. The van der Waals surface area contributed by atoms with Crippen LogP contribution in [0.5, 0.6) is 5.75 Å². The molecular formula is C17H17ClN2O. The number of hydrogen-bond donors (Lipinski definition) is 1. The lowest BCUT2D eigenvalue weighted by Gasteiger charge is -2.13. The third-order valence-corrected chi connectivity index (χ3v) is 3.35. The molecule has 0 aliphatic rings. The molecule has 0 bridgehead atoms. The number of halogens is 1. The minimum Gasteiger partial charge on any atom is -0.487 e. The summed E-state index contributed by atoms with van der Waals surface area (Å²) in [4.78, 5) is 0. The Morgan fingerprint density at radius 3 is 2.81 bits per heavy atom. The summed E-state index contributed by atoms with van der Waals surface area (Å²) < 4.78 is 5.87. The monoisotopic (exact) mass is 300 g/mol. The number of nitrogens with one attached hydrogen (secondary N) is 1. The Balaban J connectivity index is 2.13. The number of rotatable bonds is 6. The predicted molar refractivity (Wildman–Crippen MR) is 84.3 cm³/mol. The molecule has 0 heterocycles. The van der Waals surface area contributed by atoms with Gasteiger partial charge in [-0.3, -0.25) is 0 Å². The Kier molecular flexibility index (Phi) is 5.62. The van der Waals surface area contributed by atoms with Crippen molar-refractivity contribution in [2.45, 2.75) is 20.1 Å². The molecular weight excluding hydrogens is 284 g/mol. The number of benzene rings is 2. The van der Waals surface area contributed by atoms with E-state index in [-0.39, 0.29) is 0 Å². The fourth-order valence-electron chi connectivity index (χ4n) is 2.00. The lowest BCUT2D eigenvalue weighted by Crippen LogP contribution is -2.13. The maximum absolute atomic E-state index is 8.91. The summed E-state index contributed by atoms with van der Waals surface area (Å²) in [5.41, 5.74) is 2.60. The average molecular weight is 301 g/mol. The number of ether oxygens (including phenoxy) is 1. The summed E-state index contributed by atoms with van der Waals surface area (Å²) in [6.07, 6.45) is 0. The SMILES string of the molecule is CCNCc1cccc(Cl)c1OCc1cccc(C#N)c1. The highest BCUT2D eigenvalue weighted by Crippen LogP contribution is 2.29. The molecule has 0 saturated heterocycles. The van der Waals surface area contributed by atoms with Gasteiger partial charge in [0.15, 0.2) is 0 Å². The van der Waals surface area contributed by atoms with Crippen LogP contribution in [-0.4, -0.2) is 6.54 Å². The molecule has 2 rings (SSSR count). The zero-order valence-electron chi connectivity index (χ0n) is 11.9. The maximum atomic E-state index is 8.91. The lowest BCUT2D eigenvalue weighted by atomic mass is 10.1. The molecule has 0 aliphatic carbocycles. The topological polar surface area (TPSA) is 45.0 Å². The van der Waals surface area contributed by atoms with Gasteiger partial charge in [0.1, 0.15) is 12.4 Å². The highest BCUT2D eigenvalue weighted by molar-refractivity contribution is 6.32. The maximum Gasteiger partial charge on any atom is 0.142 e. The molecule has 1 N–H and O–H groups in total. The first-order valence-electron chi connectivity index (χ1n) is 6.84. The normalized spacial score (nSPS) is 10.1. The Morgan fingerprint density at radius 2 is 2.05 bits per heavy atom. The van der Waals surface area contributed by atoms with Crippen LogP contribution in [0.2, 0.25) is 5.02 Å². The smallest absolute Gasteiger partial charge is 0.142 e. The van der Waals surface area contributed by atoms with Gasteiger partial charge in [-0.1, -0.05) is 42.8 Å². The molecule has 2 aromatic rings. The third-order valence-electron chi connectivity index (χ3n) is 3.05. The standard InChI is InChI=1S/C17H17ClN2O/c1-2-20-11-15-7-4-8-16(18)17(15)21-12-14-6-3-5-13(9-14)10-19/h3-9,20H,2,11-12H2,1H3. The number of nitrogens with zero attached hydrogens (tertiary/aromatic N) is 1. The van der Waals surface area contributed by atoms with Gasteiger partial charge in [-0.25, -0.2) is 0 Å². The molecule has 0 aromatic heterocycles. The van der Waals surface area contributed by atoms with Crippen LogP contribution in [0.25, 0.3) is 0 Å². The Morgan fingerprint density at radius 1 is 1.24 bits per heavy atom. The van der Waals surface area contributed by atoms with Gasteiger partial charge in [0.2, 0.25) is 0 Å². The minimum absolute atomic E-state index is 0.387. The summed E-state index contributed by atoms with van der Waals surface area (Å²) in [5.74, 6) is 0.697. The fourth-order valence-corrected chi connectivity index (χ4v) is 2.25. The van der Waals surface area contributed by atoms with E-state index in [9.17, 15) is 0 Å². The molecule has 0 spiro atoms. The first-order valence-corrected chi connectivity index (χ1v) is 7.22. The van der Waals surface area contributed by atoms with E-state index in [1.165, 1.54) is 0 Å². The van der Waals surface area contributed by atoms with Crippen LogP contribution in [0.15, 0.2) is 42.5 Å². The van der Waals surface area contributed by atoms with Crippen molar-refractivity contribution in [1.29, 1.82) is 5.26 Å². The first kappa shape index (κ1) is 15.4.